The zero-order chi connectivity index (χ0) is 17.9. The average Bonchev–Trinajstić information content (AvgIpc) is 2.56. The van der Waals surface area contributed by atoms with Crippen LogP contribution >= 0.6 is 24.4 Å². The predicted molar refractivity (Wildman–Crippen MR) is 107 cm³/mol. The van der Waals surface area contributed by atoms with E-state index in [0.29, 0.717) is 0 Å². The van der Waals surface area contributed by atoms with Crippen molar-refractivity contribution < 1.29 is 26.4 Å². The Kier molecular flexibility index (Phi) is 14.1. The van der Waals surface area contributed by atoms with Gasteiger partial charge in [0.15, 0.2) is 0 Å². The summed E-state index contributed by atoms with van der Waals surface area (Å²) in [6.07, 6.45) is 6.22. The van der Waals surface area contributed by atoms with Crippen LogP contribution in [0.2, 0.25) is 0 Å². The standard InChI is InChI=1S/2C7H12N2OS2.Co/c2*10-6(9-7(11)12)5-3-1-2-4-8-5;/h2*5,8H,1-4H2,(H2,9,10,11,12);/q;;+2/p-2. The Bertz CT molecular complexity index is 428. The Morgan fingerprint density at radius 1 is 0.800 bits per heavy atom. The van der Waals surface area contributed by atoms with E-state index in [2.05, 4.69) is 71.0 Å². The molecule has 2 rings (SSSR count). The van der Waals surface area contributed by atoms with Crippen molar-refractivity contribution >= 4 is 70.1 Å². The number of thiocarbonyl (C=S) groups is 2. The fraction of sp³-hybridized carbons (Fsp3) is 0.714. The predicted octanol–water partition coefficient (Wildman–Crippen LogP) is 0.151. The van der Waals surface area contributed by atoms with Gasteiger partial charge in [-0.1, -0.05) is 21.5 Å². The smallest absolute Gasteiger partial charge is 0.411 e. The molecule has 2 heterocycles. The maximum atomic E-state index is 11.3. The Morgan fingerprint density at radius 3 is 1.40 bits per heavy atom. The second-order valence-electron chi connectivity index (χ2n) is 5.56. The van der Waals surface area contributed by atoms with E-state index in [0.717, 1.165) is 51.6 Å². The minimum atomic E-state index is -0.0975. The number of hydrogen-bond acceptors (Lipinski definition) is 8. The number of carbonyl (C=O) groups is 2. The number of hydrogen-bond donors (Lipinski definition) is 4. The molecule has 2 aliphatic rings. The molecule has 2 atom stereocenters. The van der Waals surface area contributed by atoms with E-state index >= 15 is 0 Å². The monoisotopic (exact) mass is 465 g/mol. The Balaban J connectivity index is 0.000000443. The van der Waals surface area contributed by atoms with Crippen molar-refractivity contribution in [2.75, 3.05) is 13.1 Å². The van der Waals surface area contributed by atoms with E-state index in [1.54, 1.807) is 0 Å². The third kappa shape index (κ3) is 11.3. The Morgan fingerprint density at radius 2 is 1.16 bits per heavy atom. The summed E-state index contributed by atoms with van der Waals surface area (Å²) in [6, 6.07) is -0.195. The first-order valence-corrected chi connectivity index (χ1v) is 9.54. The molecule has 2 amide bonds. The molecule has 6 nitrogen and oxygen atoms in total. The molecule has 11 heteroatoms. The van der Waals surface area contributed by atoms with Crippen LogP contribution in [-0.2, 0) is 51.6 Å². The molecule has 25 heavy (non-hydrogen) atoms. The SMILES string of the molecule is O=C(NC(=S)[S-])C1CCCCN1.O=C(NC(=S)[S-])C1CCCCN1.[Co+2]. The average molecular weight is 466 g/mol. The normalized spacial score (nSPS) is 22.2. The molecule has 0 aromatic heterocycles. The summed E-state index contributed by atoms with van der Waals surface area (Å²) in [7, 11) is 0. The second kappa shape index (κ2) is 14.1. The van der Waals surface area contributed by atoms with Crippen molar-refractivity contribution in [3.63, 3.8) is 0 Å². The van der Waals surface area contributed by atoms with Gasteiger partial charge in [-0.3, -0.25) is 9.59 Å². The summed E-state index contributed by atoms with van der Waals surface area (Å²) < 4.78 is 0.264. The van der Waals surface area contributed by atoms with Gasteiger partial charge in [0.05, 0.1) is 12.1 Å². The maximum absolute atomic E-state index is 11.3. The largest absolute Gasteiger partial charge is 2.00 e. The minimum absolute atomic E-state index is 0. The molecule has 2 aliphatic heterocycles. The van der Waals surface area contributed by atoms with Crippen LogP contribution < -0.4 is 21.3 Å². The molecule has 1 radical (unpaired) electrons. The number of amides is 2. The van der Waals surface area contributed by atoms with Gasteiger partial charge in [0, 0.05) is 0 Å². The quantitative estimate of drug-likeness (QED) is 0.339. The van der Waals surface area contributed by atoms with E-state index in [-0.39, 0.29) is 49.3 Å². The fourth-order valence-corrected chi connectivity index (χ4v) is 2.93. The zero-order valence-electron chi connectivity index (χ0n) is 13.6. The van der Waals surface area contributed by atoms with Crippen molar-refractivity contribution in [1.29, 1.82) is 0 Å². The van der Waals surface area contributed by atoms with Crippen LogP contribution in [-0.4, -0.2) is 45.6 Å². The molecule has 0 aromatic rings. The van der Waals surface area contributed by atoms with Crippen LogP contribution in [0.1, 0.15) is 38.5 Å². The molecule has 2 saturated heterocycles. The molecule has 0 bridgehead atoms. The van der Waals surface area contributed by atoms with E-state index in [4.69, 9.17) is 0 Å². The molecular weight excluding hydrogens is 443 g/mol. The van der Waals surface area contributed by atoms with Gasteiger partial charge < -0.3 is 71.0 Å². The molecule has 4 N–H and O–H groups in total. The van der Waals surface area contributed by atoms with Crippen molar-refractivity contribution in [3.05, 3.63) is 0 Å². The summed E-state index contributed by atoms with van der Waals surface area (Å²) in [4.78, 5) is 22.6. The fourth-order valence-electron chi connectivity index (χ4n) is 2.53. The summed E-state index contributed by atoms with van der Waals surface area (Å²) in [5, 5.41) is 11.1. The molecule has 0 spiro atoms. The summed E-state index contributed by atoms with van der Waals surface area (Å²) >= 11 is 18.4. The van der Waals surface area contributed by atoms with Crippen molar-refractivity contribution in [2.45, 2.75) is 50.6 Å². The summed E-state index contributed by atoms with van der Waals surface area (Å²) in [6.45, 7) is 1.81. The molecule has 143 valence electrons. The van der Waals surface area contributed by atoms with Crippen LogP contribution in [0.4, 0.5) is 0 Å². The van der Waals surface area contributed by atoms with E-state index < -0.39 is 0 Å². The topological polar surface area (TPSA) is 82.3 Å². The first-order valence-electron chi connectivity index (χ1n) is 7.90. The van der Waals surface area contributed by atoms with Gasteiger partial charge in [-0.25, -0.2) is 0 Å². The molecule has 0 aliphatic carbocycles. The molecule has 2 fully saturated rings. The van der Waals surface area contributed by atoms with Gasteiger partial charge in [-0.05, 0) is 38.8 Å². The van der Waals surface area contributed by atoms with Crippen LogP contribution in [0.25, 0.3) is 0 Å². The number of nitrogens with one attached hydrogen (secondary N) is 4. The summed E-state index contributed by atoms with van der Waals surface area (Å²) in [5.74, 6) is -0.176. The molecule has 2 unspecified atom stereocenters. The molecule has 0 saturated carbocycles. The molecule has 0 aromatic carbocycles. The van der Waals surface area contributed by atoms with Crippen molar-refractivity contribution in [2.24, 2.45) is 0 Å². The first kappa shape index (κ1) is 25.0. The zero-order valence-corrected chi connectivity index (χ0v) is 17.9. The Labute approximate surface area is 180 Å². The number of carbonyl (C=O) groups excluding carboxylic acids is 2. The van der Waals surface area contributed by atoms with Gasteiger partial charge in [-0.2, -0.15) is 0 Å². The van der Waals surface area contributed by atoms with Gasteiger partial charge >= 0.3 is 16.8 Å². The van der Waals surface area contributed by atoms with E-state index in [1.165, 1.54) is 0 Å². The first-order chi connectivity index (χ1) is 11.4. The third-order valence-electron chi connectivity index (χ3n) is 3.70. The van der Waals surface area contributed by atoms with Crippen LogP contribution in [0.3, 0.4) is 0 Å². The molecular formula is C14H22CoN4O2S4. The van der Waals surface area contributed by atoms with E-state index in [1.807, 2.05) is 0 Å². The van der Waals surface area contributed by atoms with Gasteiger partial charge in [0.2, 0.25) is 11.8 Å². The number of piperidine rings is 2. The van der Waals surface area contributed by atoms with E-state index in [9.17, 15) is 9.59 Å². The number of rotatable bonds is 2. The van der Waals surface area contributed by atoms with Crippen LogP contribution in [0.15, 0.2) is 0 Å². The van der Waals surface area contributed by atoms with Crippen LogP contribution in [0, 0.1) is 0 Å². The van der Waals surface area contributed by atoms with Gasteiger partial charge in [0.25, 0.3) is 0 Å². The summed E-state index contributed by atoms with van der Waals surface area (Å²) in [5.41, 5.74) is 0. The van der Waals surface area contributed by atoms with Gasteiger partial charge in [0.1, 0.15) is 0 Å². The Hall–Kier alpha value is -0.0135. The van der Waals surface area contributed by atoms with Crippen molar-refractivity contribution in [1.82, 2.24) is 21.3 Å². The van der Waals surface area contributed by atoms with Crippen molar-refractivity contribution in [3.8, 4) is 0 Å². The minimum Gasteiger partial charge on any atom is -0.411 e. The van der Waals surface area contributed by atoms with Gasteiger partial charge in [-0.15, -0.1) is 0 Å². The third-order valence-corrected chi connectivity index (χ3v) is 4.11. The second-order valence-corrected chi connectivity index (χ2v) is 7.71. The van der Waals surface area contributed by atoms with Crippen LogP contribution in [0.5, 0.6) is 0 Å². The maximum Gasteiger partial charge on any atom is 2.00 e.